The fourth-order valence-electron chi connectivity index (χ4n) is 3.19. The van der Waals surface area contributed by atoms with Gasteiger partial charge in [-0.1, -0.05) is 41.9 Å². The number of para-hydroxylation sites is 1. The normalized spacial score (nSPS) is 14.8. The number of aromatic nitrogens is 1. The third-order valence-corrected chi connectivity index (χ3v) is 4.87. The van der Waals surface area contributed by atoms with Crippen LogP contribution < -0.4 is 0 Å². The highest BCUT2D eigenvalue weighted by molar-refractivity contribution is 6.55. The van der Waals surface area contributed by atoms with Crippen molar-refractivity contribution in [2.75, 3.05) is 6.54 Å². The molecule has 1 N–H and O–H groups in total. The van der Waals surface area contributed by atoms with Gasteiger partial charge in [-0.3, -0.25) is 14.5 Å². The highest BCUT2D eigenvalue weighted by atomic mass is 35.5. The van der Waals surface area contributed by atoms with E-state index in [1.807, 2.05) is 30.5 Å². The number of amides is 2. The first-order valence-corrected chi connectivity index (χ1v) is 8.51. The average Bonchev–Trinajstić information content (AvgIpc) is 3.15. The topological polar surface area (TPSA) is 53.2 Å². The zero-order chi connectivity index (χ0) is 18.3. The Balaban J connectivity index is 1.56. The van der Waals surface area contributed by atoms with Gasteiger partial charge in [-0.05, 0) is 35.7 Å². The summed E-state index contributed by atoms with van der Waals surface area (Å²) in [5, 5.41) is 0.935. The van der Waals surface area contributed by atoms with Crippen LogP contribution in [0.2, 0.25) is 0 Å². The third kappa shape index (κ3) is 2.70. The monoisotopic (exact) mass is 368 g/mol. The van der Waals surface area contributed by atoms with Gasteiger partial charge in [-0.15, -0.1) is 0 Å². The molecular weight excluding hydrogens is 355 g/mol. The van der Waals surface area contributed by atoms with E-state index in [9.17, 15) is 14.0 Å². The molecule has 130 valence electrons. The van der Waals surface area contributed by atoms with Gasteiger partial charge in [0, 0.05) is 23.6 Å². The highest BCUT2D eigenvalue weighted by Gasteiger charge is 2.37. The zero-order valence-corrected chi connectivity index (χ0v) is 14.4. The summed E-state index contributed by atoms with van der Waals surface area (Å²) in [5.41, 5.74) is 2.58. The minimum Gasteiger partial charge on any atom is -0.361 e. The van der Waals surface area contributed by atoms with Crippen LogP contribution in [0, 0.1) is 5.82 Å². The Hall–Kier alpha value is -2.92. The molecule has 6 heteroatoms. The molecule has 4 rings (SSSR count). The molecule has 0 radical (unpaired) electrons. The summed E-state index contributed by atoms with van der Waals surface area (Å²) in [5.74, 6) is -1.39. The minimum atomic E-state index is -0.518. The number of nitrogens with one attached hydrogen (secondary N) is 1. The number of nitrogens with zero attached hydrogens (tertiary/aromatic N) is 1. The number of fused-ring (bicyclic) bond motifs is 1. The summed E-state index contributed by atoms with van der Waals surface area (Å²) in [7, 11) is 0. The second-order valence-electron chi connectivity index (χ2n) is 6.07. The molecule has 1 aliphatic rings. The summed E-state index contributed by atoms with van der Waals surface area (Å²) in [6.07, 6.45) is 2.40. The zero-order valence-electron chi connectivity index (χ0n) is 13.6. The maximum Gasteiger partial charge on any atom is 0.273 e. The second kappa shape index (κ2) is 6.42. The maximum absolute atomic E-state index is 13.1. The van der Waals surface area contributed by atoms with Gasteiger partial charge in [0.05, 0.1) is 5.57 Å². The van der Waals surface area contributed by atoms with Gasteiger partial charge in [-0.2, -0.15) is 0 Å². The fraction of sp³-hybridized carbons (Fsp3) is 0.100. The van der Waals surface area contributed by atoms with Crippen molar-refractivity contribution in [2.24, 2.45) is 0 Å². The molecule has 0 bridgehead atoms. The summed E-state index contributed by atoms with van der Waals surface area (Å²) < 4.78 is 13.1. The van der Waals surface area contributed by atoms with Crippen molar-refractivity contribution >= 4 is 39.9 Å². The quantitative estimate of drug-likeness (QED) is 0.711. The number of halogens is 2. The van der Waals surface area contributed by atoms with Crippen molar-refractivity contribution in [3.8, 4) is 0 Å². The van der Waals surface area contributed by atoms with E-state index < -0.39 is 17.6 Å². The SMILES string of the molecule is O=C1C(Cl)=C(c2ccc(F)cc2)C(=O)N1CCc1c[nH]c2ccccc12. The van der Waals surface area contributed by atoms with Gasteiger partial charge < -0.3 is 4.98 Å². The Labute approximate surface area is 153 Å². The number of hydrogen-bond donors (Lipinski definition) is 1. The molecule has 4 nitrogen and oxygen atoms in total. The molecule has 0 aliphatic carbocycles. The molecule has 26 heavy (non-hydrogen) atoms. The van der Waals surface area contributed by atoms with E-state index in [4.69, 9.17) is 11.6 Å². The lowest BCUT2D eigenvalue weighted by Gasteiger charge is -2.14. The van der Waals surface area contributed by atoms with E-state index in [0.717, 1.165) is 21.4 Å². The van der Waals surface area contributed by atoms with E-state index >= 15 is 0 Å². The average molecular weight is 369 g/mol. The first-order valence-electron chi connectivity index (χ1n) is 8.13. The van der Waals surface area contributed by atoms with Crippen LogP contribution in [0.25, 0.3) is 16.5 Å². The van der Waals surface area contributed by atoms with Crippen LogP contribution in [0.3, 0.4) is 0 Å². The maximum atomic E-state index is 13.1. The molecule has 2 amide bonds. The van der Waals surface area contributed by atoms with Crippen molar-refractivity contribution in [1.29, 1.82) is 0 Å². The summed E-state index contributed by atoms with van der Waals surface area (Å²) >= 11 is 6.12. The van der Waals surface area contributed by atoms with Crippen molar-refractivity contribution < 1.29 is 14.0 Å². The van der Waals surface area contributed by atoms with E-state index in [0.29, 0.717) is 12.0 Å². The molecule has 0 saturated carbocycles. The van der Waals surface area contributed by atoms with Crippen LogP contribution in [0.1, 0.15) is 11.1 Å². The van der Waals surface area contributed by atoms with Crippen LogP contribution in [0.4, 0.5) is 4.39 Å². The molecular formula is C20H14ClFN2O2. The van der Waals surface area contributed by atoms with Crippen LogP contribution in [-0.4, -0.2) is 28.2 Å². The molecule has 0 fully saturated rings. The van der Waals surface area contributed by atoms with Crippen molar-refractivity contribution in [3.05, 3.63) is 76.7 Å². The molecule has 0 spiro atoms. The highest BCUT2D eigenvalue weighted by Crippen LogP contribution is 2.32. The van der Waals surface area contributed by atoms with E-state index in [1.165, 1.54) is 24.3 Å². The van der Waals surface area contributed by atoms with Gasteiger partial charge in [-0.25, -0.2) is 4.39 Å². The Kier molecular flexibility index (Phi) is 4.09. The first kappa shape index (κ1) is 16.5. The summed E-state index contributed by atoms with van der Waals surface area (Å²) in [6, 6.07) is 13.2. The predicted octanol–water partition coefficient (Wildman–Crippen LogP) is 3.87. The third-order valence-electron chi connectivity index (χ3n) is 4.52. The molecule has 0 unspecified atom stereocenters. The standard InChI is InChI=1S/C20H14ClFN2O2/c21-18-17(12-5-7-14(22)8-6-12)19(25)24(20(18)26)10-9-13-11-23-16-4-2-1-3-15(13)16/h1-8,11,23H,9-10H2. The van der Waals surface area contributed by atoms with Crippen molar-refractivity contribution in [1.82, 2.24) is 9.88 Å². The number of hydrogen-bond acceptors (Lipinski definition) is 2. The van der Waals surface area contributed by atoms with E-state index in [-0.39, 0.29) is 17.2 Å². The second-order valence-corrected chi connectivity index (χ2v) is 6.45. The minimum absolute atomic E-state index is 0.121. The molecule has 3 aromatic rings. The van der Waals surface area contributed by atoms with E-state index in [1.54, 1.807) is 0 Å². The molecule has 2 aromatic carbocycles. The van der Waals surface area contributed by atoms with Gasteiger partial charge in [0.2, 0.25) is 0 Å². The number of rotatable bonds is 4. The van der Waals surface area contributed by atoms with Gasteiger partial charge in [0.1, 0.15) is 10.8 Å². The van der Waals surface area contributed by atoms with E-state index in [2.05, 4.69) is 4.98 Å². The van der Waals surface area contributed by atoms with Gasteiger partial charge in [0.15, 0.2) is 0 Å². The number of benzene rings is 2. The molecule has 0 saturated heterocycles. The summed E-state index contributed by atoms with van der Waals surface area (Å²) in [4.78, 5) is 29.4. The largest absolute Gasteiger partial charge is 0.361 e. The first-order chi connectivity index (χ1) is 12.6. The Morgan fingerprint density at radius 1 is 1.00 bits per heavy atom. The Bertz CT molecular complexity index is 1050. The number of imide groups is 1. The predicted molar refractivity (Wildman–Crippen MR) is 97.9 cm³/mol. The number of carbonyl (C=O) groups excluding carboxylic acids is 2. The Morgan fingerprint density at radius 3 is 2.50 bits per heavy atom. The summed E-state index contributed by atoms with van der Waals surface area (Å²) in [6.45, 7) is 0.223. The van der Waals surface area contributed by atoms with Crippen LogP contribution in [0.5, 0.6) is 0 Å². The van der Waals surface area contributed by atoms with Gasteiger partial charge in [0.25, 0.3) is 11.8 Å². The van der Waals surface area contributed by atoms with Gasteiger partial charge >= 0.3 is 0 Å². The lowest BCUT2D eigenvalue weighted by molar-refractivity contribution is -0.136. The van der Waals surface area contributed by atoms with Crippen LogP contribution in [0.15, 0.2) is 59.8 Å². The molecule has 2 heterocycles. The molecule has 1 aliphatic heterocycles. The van der Waals surface area contributed by atoms with Crippen LogP contribution in [-0.2, 0) is 16.0 Å². The van der Waals surface area contributed by atoms with Crippen LogP contribution >= 0.6 is 11.6 Å². The number of carbonyl (C=O) groups is 2. The fourth-order valence-corrected chi connectivity index (χ4v) is 3.48. The smallest absolute Gasteiger partial charge is 0.273 e. The number of aromatic amines is 1. The lowest BCUT2D eigenvalue weighted by atomic mass is 10.1. The van der Waals surface area contributed by atoms with Crippen molar-refractivity contribution in [2.45, 2.75) is 6.42 Å². The molecule has 1 aromatic heterocycles. The molecule has 0 atom stereocenters. The number of H-pyrrole nitrogens is 1. The Morgan fingerprint density at radius 2 is 1.73 bits per heavy atom. The lowest BCUT2D eigenvalue weighted by Crippen LogP contribution is -2.33. The van der Waals surface area contributed by atoms with Crippen molar-refractivity contribution in [3.63, 3.8) is 0 Å².